The van der Waals surface area contributed by atoms with Crippen molar-refractivity contribution in [2.75, 3.05) is 75.2 Å². The molecule has 79 heavy (non-hydrogen) atoms. The summed E-state index contributed by atoms with van der Waals surface area (Å²) < 4.78 is 12.4. The molecule has 0 unspecified atom stereocenters. The van der Waals surface area contributed by atoms with Gasteiger partial charge in [0, 0.05) is 118 Å². The highest BCUT2D eigenvalue weighted by molar-refractivity contribution is 7.13. The fourth-order valence-corrected chi connectivity index (χ4v) is 13.5. The fourth-order valence-electron chi connectivity index (χ4n) is 12.7. The van der Waals surface area contributed by atoms with E-state index in [1.165, 1.54) is 24.1 Å². The zero-order valence-corrected chi connectivity index (χ0v) is 46.4. The van der Waals surface area contributed by atoms with Crippen molar-refractivity contribution in [2.24, 2.45) is 17.8 Å². The largest absolute Gasteiger partial charge is 0.507 e. The number of carbonyl (C=O) groups is 2. The first-order chi connectivity index (χ1) is 38.4. The predicted molar refractivity (Wildman–Crippen MR) is 304 cm³/mol. The number of fused-ring (bicyclic) bond motifs is 3. The number of H-pyrrole nitrogens is 1. The van der Waals surface area contributed by atoms with Crippen LogP contribution in [0.5, 0.6) is 11.6 Å². The molecule has 4 fully saturated rings. The van der Waals surface area contributed by atoms with Gasteiger partial charge in [-0.25, -0.2) is 9.97 Å². The molecule has 2 amide bonds. The number of hydrogen-bond donors (Lipinski definition) is 4. The normalized spacial score (nSPS) is 22.0. The number of benzene rings is 2. The summed E-state index contributed by atoms with van der Waals surface area (Å²) in [6.45, 7) is 17.6. The molecule has 4 N–H and O–H groups in total. The SMILES string of the molecule is Cc1ncsc1-c1ccc([C@H](C)NC(=O)[C@@H]2C[C@@H](O)CN2C(=O)[C@@H](c2cc(N3CCN(CC4CCN(C[C@H]5C[C@H](Oc6cc(N7CCc8[nH]c9nnc(-c%10ccccc%10O)cc9c8C7)ccn6)C5)CC4)CC3)no2)C(C)C)cc1. The minimum Gasteiger partial charge on any atom is -0.507 e. The average Bonchev–Trinajstić information content (AvgIpc) is 4.30. The van der Waals surface area contributed by atoms with Gasteiger partial charge in [0.1, 0.15) is 23.8 Å². The number of aliphatic hydroxyl groups excluding tert-OH is 1. The van der Waals surface area contributed by atoms with Gasteiger partial charge < -0.3 is 49.4 Å². The number of phenolic OH excluding ortho intramolecular Hbond substituents is 1. The number of pyridine rings is 1. The van der Waals surface area contributed by atoms with E-state index in [2.05, 4.69) is 67.4 Å². The highest BCUT2D eigenvalue weighted by Crippen LogP contribution is 2.38. The molecular formula is C60H72N12O6S. The number of aryl methyl sites for hydroxylation is 1. The number of piperidine rings is 1. The lowest BCUT2D eigenvalue weighted by atomic mass is 9.81. The van der Waals surface area contributed by atoms with Crippen LogP contribution in [0.15, 0.2) is 89.0 Å². The molecule has 1 saturated carbocycles. The van der Waals surface area contributed by atoms with Crippen molar-refractivity contribution >= 4 is 45.7 Å². The predicted octanol–water partition coefficient (Wildman–Crippen LogP) is 7.98. The number of para-hydroxylation sites is 1. The Morgan fingerprint density at radius 1 is 0.873 bits per heavy atom. The van der Waals surface area contributed by atoms with Crippen LogP contribution < -0.4 is 19.9 Å². The second kappa shape index (κ2) is 22.7. The van der Waals surface area contributed by atoms with E-state index in [-0.39, 0.29) is 48.6 Å². The Hall–Kier alpha value is -6.93. The second-order valence-electron chi connectivity index (χ2n) is 23.0. The number of ether oxygens (including phenoxy) is 1. The van der Waals surface area contributed by atoms with Crippen LogP contribution in [-0.2, 0) is 22.6 Å². The highest BCUT2D eigenvalue weighted by Gasteiger charge is 2.44. The first-order valence-electron chi connectivity index (χ1n) is 28.4. The molecule has 19 heteroatoms. The van der Waals surface area contributed by atoms with Gasteiger partial charge in [-0.15, -0.1) is 21.5 Å². The number of thiazole rings is 1. The van der Waals surface area contributed by atoms with Crippen LogP contribution in [-0.4, -0.2) is 151 Å². The summed E-state index contributed by atoms with van der Waals surface area (Å²) in [6.07, 6.45) is 6.79. The van der Waals surface area contributed by atoms with E-state index in [1.54, 1.807) is 22.3 Å². The number of rotatable bonds is 16. The number of likely N-dealkylation sites (tertiary alicyclic amines) is 2. The van der Waals surface area contributed by atoms with Gasteiger partial charge in [-0.2, -0.15) is 0 Å². The van der Waals surface area contributed by atoms with E-state index in [1.807, 2.05) is 94.0 Å². The maximum Gasteiger partial charge on any atom is 0.243 e. The van der Waals surface area contributed by atoms with Gasteiger partial charge in [0.25, 0.3) is 0 Å². The second-order valence-corrected chi connectivity index (χ2v) is 23.9. The number of aromatic nitrogens is 6. The number of phenols is 1. The molecular weight excluding hydrogens is 1020 g/mol. The number of hydrogen-bond acceptors (Lipinski definition) is 16. The van der Waals surface area contributed by atoms with Gasteiger partial charge in [0.2, 0.25) is 17.7 Å². The van der Waals surface area contributed by atoms with E-state index in [0.29, 0.717) is 34.7 Å². The van der Waals surface area contributed by atoms with E-state index in [9.17, 15) is 19.8 Å². The minimum atomic E-state index is -0.799. The van der Waals surface area contributed by atoms with Crippen molar-refractivity contribution in [2.45, 2.75) is 103 Å². The number of aliphatic hydroxyl groups is 1. The molecule has 414 valence electrons. The Kier molecular flexibility index (Phi) is 15.1. The summed E-state index contributed by atoms with van der Waals surface area (Å²) in [6, 6.07) is 22.3. The summed E-state index contributed by atoms with van der Waals surface area (Å²) in [7, 11) is 0. The van der Waals surface area contributed by atoms with Gasteiger partial charge in [-0.05, 0) is 106 Å². The molecule has 0 bridgehead atoms. The summed E-state index contributed by atoms with van der Waals surface area (Å²) in [4.78, 5) is 53.2. The third kappa shape index (κ3) is 11.3. The van der Waals surface area contributed by atoms with Crippen molar-refractivity contribution in [1.82, 2.24) is 50.3 Å². The molecule has 7 aromatic rings. The van der Waals surface area contributed by atoms with Gasteiger partial charge >= 0.3 is 0 Å². The van der Waals surface area contributed by atoms with Crippen LogP contribution in [0.25, 0.3) is 32.7 Å². The summed E-state index contributed by atoms with van der Waals surface area (Å²) >= 11 is 1.60. The molecule has 5 aromatic heterocycles. The minimum absolute atomic E-state index is 0.0877. The lowest BCUT2D eigenvalue weighted by Gasteiger charge is -2.42. The van der Waals surface area contributed by atoms with Crippen LogP contribution in [0.1, 0.15) is 93.1 Å². The molecule has 5 aliphatic rings. The van der Waals surface area contributed by atoms with E-state index >= 15 is 0 Å². The first kappa shape index (κ1) is 52.8. The number of nitrogens with one attached hydrogen (secondary N) is 2. The van der Waals surface area contributed by atoms with Crippen molar-refractivity contribution < 1.29 is 29.1 Å². The number of amides is 2. The molecule has 0 spiro atoms. The van der Waals surface area contributed by atoms with E-state index in [4.69, 9.17) is 9.26 Å². The zero-order chi connectivity index (χ0) is 54.3. The standard InChI is InChI=1S/C60H72N12O6S/c1-36(2)56(60(76)72-33-44(73)28-51(72)59(75)63-37(3)41-9-11-42(12-10-41)57-38(4)62-35-79-57)53-30-54(67-78-53)70-23-21-69(22-24-70)31-39-14-18-68(19-15-39)32-40-25-45(26-40)77-55-27-43(13-17-61-55)71-20-16-49-48(34-71)47-29-50(65-66-58(47)64-49)46-7-5-6-8-52(46)74/h5-13,17,27,29-30,35-37,39-40,44-45,51,56,73-74H,14-16,18-26,28,31-34H2,1-4H3,(H,63,75)(H,64,66)/t37-,40-,44+,45-,51-,56+/m0/s1. The van der Waals surface area contributed by atoms with Crippen molar-refractivity contribution in [3.63, 3.8) is 0 Å². The maximum absolute atomic E-state index is 14.4. The summed E-state index contributed by atoms with van der Waals surface area (Å²) in [5.41, 5.74) is 10.4. The van der Waals surface area contributed by atoms with Crippen LogP contribution in [0.3, 0.4) is 0 Å². The summed E-state index contributed by atoms with van der Waals surface area (Å²) in [5.74, 6) is 2.11. The van der Waals surface area contributed by atoms with Crippen LogP contribution in [0.2, 0.25) is 0 Å². The molecule has 4 aliphatic heterocycles. The van der Waals surface area contributed by atoms with Crippen LogP contribution in [0, 0.1) is 24.7 Å². The van der Waals surface area contributed by atoms with Gasteiger partial charge in [-0.1, -0.05) is 55.4 Å². The molecule has 18 nitrogen and oxygen atoms in total. The van der Waals surface area contributed by atoms with Crippen molar-refractivity contribution in [3.8, 4) is 33.3 Å². The van der Waals surface area contributed by atoms with E-state index in [0.717, 1.165) is 129 Å². The number of β-amino-alcohol motifs (C(OH)–C–C–N with tert-alkyl or cyclic N) is 1. The third-order valence-corrected chi connectivity index (χ3v) is 18.3. The van der Waals surface area contributed by atoms with Crippen LogP contribution in [0.4, 0.5) is 11.5 Å². The summed E-state index contributed by atoms with van der Waals surface area (Å²) in [5, 5.41) is 38.8. The highest BCUT2D eigenvalue weighted by atomic mass is 32.1. The van der Waals surface area contributed by atoms with Crippen molar-refractivity contribution in [3.05, 3.63) is 113 Å². The number of aromatic hydroxyl groups is 1. The van der Waals surface area contributed by atoms with Crippen molar-refractivity contribution in [1.29, 1.82) is 0 Å². The number of aromatic amines is 1. The Labute approximate surface area is 465 Å². The molecule has 4 atom stereocenters. The molecule has 0 radical (unpaired) electrons. The average molecular weight is 1090 g/mol. The number of anilines is 2. The van der Waals surface area contributed by atoms with Gasteiger partial charge in [0.15, 0.2) is 17.2 Å². The van der Waals surface area contributed by atoms with E-state index < -0.39 is 18.1 Å². The molecule has 2 aromatic carbocycles. The molecule has 12 rings (SSSR count). The number of carbonyl (C=O) groups excluding carboxylic acids is 2. The quantitative estimate of drug-likeness (QED) is 0.0724. The topological polar surface area (TPSA) is 205 Å². The lowest BCUT2D eigenvalue weighted by Crippen LogP contribution is -2.49. The monoisotopic (exact) mass is 1090 g/mol. The fraction of sp³-hybridized carbons (Fsp3) is 0.483. The third-order valence-electron chi connectivity index (χ3n) is 17.3. The Bertz CT molecular complexity index is 3270. The Morgan fingerprint density at radius 3 is 2.41 bits per heavy atom. The zero-order valence-electron chi connectivity index (χ0n) is 45.6. The van der Waals surface area contributed by atoms with Gasteiger partial charge in [0.05, 0.1) is 33.9 Å². The maximum atomic E-state index is 14.4. The molecule has 9 heterocycles. The molecule has 1 aliphatic carbocycles. The first-order valence-corrected chi connectivity index (χ1v) is 29.2. The lowest BCUT2D eigenvalue weighted by molar-refractivity contribution is -0.141. The Balaban J connectivity index is 0.569. The number of nitrogens with zero attached hydrogens (tertiary/aromatic N) is 10. The molecule has 3 saturated heterocycles. The van der Waals surface area contributed by atoms with Crippen LogP contribution >= 0.6 is 11.3 Å². The smallest absolute Gasteiger partial charge is 0.243 e. The van der Waals surface area contributed by atoms with Gasteiger partial charge in [-0.3, -0.25) is 14.5 Å². The Morgan fingerprint density at radius 2 is 1.65 bits per heavy atom. The number of piperazine rings is 1.